The molecule has 0 aliphatic rings. The van der Waals surface area contributed by atoms with Crippen LogP contribution in [0.15, 0.2) is 41.5 Å². The molecule has 2 aromatic heterocycles. The van der Waals surface area contributed by atoms with Gasteiger partial charge in [0.2, 0.25) is 0 Å². The Bertz CT molecular complexity index is 439. The molecule has 0 fully saturated rings. The first kappa shape index (κ1) is 10.7. The second-order valence-electron chi connectivity index (χ2n) is 3.70. The average Bonchev–Trinajstić information content (AvgIpc) is 2.81. The maximum absolute atomic E-state index is 5.69. The molecule has 0 atom stereocenters. The zero-order valence-electron chi connectivity index (χ0n) is 9.26. The third-order valence-electron chi connectivity index (χ3n) is 2.52. The van der Waals surface area contributed by atoms with E-state index in [9.17, 15) is 0 Å². The third kappa shape index (κ3) is 2.23. The summed E-state index contributed by atoms with van der Waals surface area (Å²) >= 11 is 0. The van der Waals surface area contributed by atoms with Crippen LogP contribution in [0, 0.1) is 0 Å². The second-order valence-corrected chi connectivity index (χ2v) is 3.70. The summed E-state index contributed by atoms with van der Waals surface area (Å²) < 4.78 is 5.04. The van der Waals surface area contributed by atoms with Crippen molar-refractivity contribution in [1.29, 1.82) is 0 Å². The normalized spacial score (nSPS) is 10.4. The van der Waals surface area contributed by atoms with Crippen molar-refractivity contribution in [3.05, 3.63) is 48.2 Å². The maximum Gasteiger partial charge on any atom is 0.0952 e. The van der Waals surface area contributed by atoms with E-state index in [1.165, 1.54) is 0 Å². The summed E-state index contributed by atoms with van der Waals surface area (Å²) in [6, 6.07) is 3.90. The molecule has 0 radical (unpaired) electrons. The van der Waals surface area contributed by atoms with E-state index in [-0.39, 0.29) is 0 Å². The molecule has 0 spiro atoms. The van der Waals surface area contributed by atoms with E-state index < -0.39 is 0 Å². The minimum Gasteiger partial charge on any atom is -0.472 e. The summed E-state index contributed by atoms with van der Waals surface area (Å²) in [5.41, 5.74) is 8.98. The predicted octanol–water partition coefficient (Wildman–Crippen LogP) is 1.77. The van der Waals surface area contributed by atoms with Gasteiger partial charge in [0.05, 0.1) is 24.4 Å². The Morgan fingerprint density at radius 1 is 1.44 bits per heavy atom. The number of aromatic nitrogens is 1. The van der Waals surface area contributed by atoms with Gasteiger partial charge < -0.3 is 15.1 Å². The summed E-state index contributed by atoms with van der Waals surface area (Å²) in [7, 11) is 2.02. The molecule has 0 aliphatic heterocycles. The highest BCUT2D eigenvalue weighted by molar-refractivity contribution is 5.51. The molecule has 16 heavy (non-hydrogen) atoms. The number of furan rings is 1. The van der Waals surface area contributed by atoms with Gasteiger partial charge in [-0.2, -0.15) is 0 Å². The molecule has 84 valence electrons. The summed E-state index contributed by atoms with van der Waals surface area (Å²) in [5.74, 6) is 0. The van der Waals surface area contributed by atoms with Crippen LogP contribution in [0.1, 0.15) is 11.1 Å². The van der Waals surface area contributed by atoms with E-state index >= 15 is 0 Å². The van der Waals surface area contributed by atoms with E-state index in [0.29, 0.717) is 6.54 Å². The topological polar surface area (TPSA) is 55.3 Å². The molecule has 2 aromatic rings. The lowest BCUT2D eigenvalue weighted by Crippen LogP contribution is -2.18. The van der Waals surface area contributed by atoms with Crippen LogP contribution < -0.4 is 10.6 Å². The SMILES string of the molecule is CN(Cc1ccoc1)c1cnccc1CN. The van der Waals surface area contributed by atoms with Crippen molar-refractivity contribution in [3.8, 4) is 0 Å². The summed E-state index contributed by atoms with van der Waals surface area (Å²) in [6.07, 6.45) is 7.02. The lowest BCUT2D eigenvalue weighted by molar-refractivity contribution is 0.563. The predicted molar refractivity (Wildman–Crippen MR) is 62.9 cm³/mol. The minimum absolute atomic E-state index is 0.521. The van der Waals surface area contributed by atoms with Crippen LogP contribution in [0.25, 0.3) is 0 Å². The van der Waals surface area contributed by atoms with Gasteiger partial charge in [-0.3, -0.25) is 4.98 Å². The molecule has 0 unspecified atom stereocenters. The highest BCUT2D eigenvalue weighted by Crippen LogP contribution is 2.19. The zero-order chi connectivity index (χ0) is 11.4. The van der Waals surface area contributed by atoms with Crippen LogP contribution in [0.3, 0.4) is 0 Å². The van der Waals surface area contributed by atoms with E-state index in [1.807, 2.05) is 25.4 Å². The molecular formula is C12H15N3O. The molecule has 0 aromatic carbocycles. The summed E-state index contributed by atoms with van der Waals surface area (Å²) in [4.78, 5) is 6.23. The Balaban J connectivity index is 2.17. The van der Waals surface area contributed by atoms with Gasteiger partial charge in [0.1, 0.15) is 0 Å². The quantitative estimate of drug-likeness (QED) is 0.848. The first-order valence-electron chi connectivity index (χ1n) is 5.16. The van der Waals surface area contributed by atoms with Crippen molar-refractivity contribution in [2.45, 2.75) is 13.1 Å². The fourth-order valence-electron chi connectivity index (χ4n) is 1.67. The van der Waals surface area contributed by atoms with Gasteiger partial charge in [0.25, 0.3) is 0 Å². The molecule has 4 heteroatoms. The lowest BCUT2D eigenvalue weighted by atomic mass is 10.2. The maximum atomic E-state index is 5.69. The monoisotopic (exact) mass is 217 g/mol. The first-order valence-corrected chi connectivity index (χ1v) is 5.16. The number of anilines is 1. The van der Waals surface area contributed by atoms with Crippen LogP contribution in [0.5, 0.6) is 0 Å². The van der Waals surface area contributed by atoms with Gasteiger partial charge >= 0.3 is 0 Å². The first-order chi connectivity index (χ1) is 7.81. The second kappa shape index (κ2) is 4.81. The van der Waals surface area contributed by atoms with Crippen LogP contribution in [-0.2, 0) is 13.1 Å². The fourth-order valence-corrected chi connectivity index (χ4v) is 1.67. The van der Waals surface area contributed by atoms with Crippen molar-refractivity contribution >= 4 is 5.69 Å². The fraction of sp³-hybridized carbons (Fsp3) is 0.250. The van der Waals surface area contributed by atoms with E-state index in [0.717, 1.165) is 23.4 Å². The van der Waals surface area contributed by atoms with Gasteiger partial charge in [-0.05, 0) is 17.7 Å². The molecule has 0 saturated carbocycles. The summed E-state index contributed by atoms with van der Waals surface area (Å²) in [5, 5.41) is 0. The third-order valence-corrected chi connectivity index (χ3v) is 2.52. The molecule has 0 aliphatic carbocycles. The molecule has 2 rings (SSSR count). The van der Waals surface area contributed by atoms with Crippen LogP contribution in [-0.4, -0.2) is 12.0 Å². The number of hydrogen-bond donors (Lipinski definition) is 1. The van der Waals surface area contributed by atoms with Gasteiger partial charge in [-0.25, -0.2) is 0 Å². The number of nitrogens with two attached hydrogens (primary N) is 1. The molecule has 0 bridgehead atoms. The zero-order valence-corrected chi connectivity index (χ0v) is 9.26. The number of pyridine rings is 1. The summed E-state index contributed by atoms with van der Waals surface area (Å²) in [6.45, 7) is 1.31. The van der Waals surface area contributed by atoms with E-state index in [1.54, 1.807) is 18.7 Å². The Kier molecular flexibility index (Phi) is 3.22. The highest BCUT2D eigenvalue weighted by atomic mass is 16.3. The molecule has 0 amide bonds. The van der Waals surface area contributed by atoms with Crippen molar-refractivity contribution in [1.82, 2.24) is 4.98 Å². The Morgan fingerprint density at radius 2 is 2.31 bits per heavy atom. The Hall–Kier alpha value is -1.81. The molecule has 4 nitrogen and oxygen atoms in total. The van der Waals surface area contributed by atoms with Crippen LogP contribution in [0.4, 0.5) is 5.69 Å². The lowest BCUT2D eigenvalue weighted by Gasteiger charge is -2.20. The standard InChI is InChI=1S/C12H15N3O/c1-15(8-10-3-5-16-9-10)12-7-14-4-2-11(12)6-13/h2-5,7,9H,6,8,13H2,1H3. The van der Waals surface area contributed by atoms with Gasteiger partial charge in [0, 0.05) is 31.9 Å². The number of rotatable bonds is 4. The van der Waals surface area contributed by atoms with Crippen molar-refractivity contribution in [2.75, 3.05) is 11.9 Å². The molecule has 2 heterocycles. The van der Waals surface area contributed by atoms with Crippen molar-refractivity contribution in [2.24, 2.45) is 5.73 Å². The van der Waals surface area contributed by atoms with Crippen molar-refractivity contribution < 1.29 is 4.42 Å². The largest absolute Gasteiger partial charge is 0.472 e. The minimum atomic E-state index is 0.521. The molecular weight excluding hydrogens is 202 g/mol. The smallest absolute Gasteiger partial charge is 0.0952 e. The molecule has 0 saturated heterocycles. The van der Waals surface area contributed by atoms with Gasteiger partial charge in [-0.15, -0.1) is 0 Å². The van der Waals surface area contributed by atoms with Crippen LogP contribution >= 0.6 is 0 Å². The number of hydrogen-bond acceptors (Lipinski definition) is 4. The highest BCUT2D eigenvalue weighted by Gasteiger charge is 2.07. The van der Waals surface area contributed by atoms with Crippen molar-refractivity contribution in [3.63, 3.8) is 0 Å². The number of nitrogens with zero attached hydrogens (tertiary/aromatic N) is 2. The molecule has 2 N–H and O–H groups in total. The Labute approximate surface area is 94.7 Å². The van der Waals surface area contributed by atoms with Gasteiger partial charge in [0.15, 0.2) is 0 Å². The average molecular weight is 217 g/mol. The Morgan fingerprint density at radius 3 is 3.00 bits per heavy atom. The van der Waals surface area contributed by atoms with Crippen LogP contribution in [0.2, 0.25) is 0 Å². The van der Waals surface area contributed by atoms with Gasteiger partial charge in [-0.1, -0.05) is 0 Å². The van der Waals surface area contributed by atoms with E-state index in [4.69, 9.17) is 10.2 Å². The van der Waals surface area contributed by atoms with E-state index in [2.05, 4.69) is 9.88 Å².